The van der Waals surface area contributed by atoms with Crippen LogP contribution in [0.15, 0.2) is 23.8 Å². The van der Waals surface area contributed by atoms with Gasteiger partial charge in [0.2, 0.25) is 5.67 Å². The Bertz CT molecular complexity index is 693. The summed E-state index contributed by atoms with van der Waals surface area (Å²) >= 11 is 0. The summed E-state index contributed by atoms with van der Waals surface area (Å²) in [4.78, 5) is 13.9. The summed E-state index contributed by atoms with van der Waals surface area (Å²) in [7, 11) is 0. The predicted molar refractivity (Wildman–Crippen MR) is 96.5 cm³/mol. The van der Waals surface area contributed by atoms with Crippen molar-refractivity contribution in [1.29, 1.82) is 0 Å². The molecule has 2 saturated carbocycles. The summed E-state index contributed by atoms with van der Waals surface area (Å²) in [6.45, 7) is 1.21. The first-order valence-electron chi connectivity index (χ1n) is 10.2. The summed E-state index contributed by atoms with van der Waals surface area (Å²) in [6.07, 6.45) is 4.54. The lowest BCUT2D eigenvalue weighted by Gasteiger charge is -2.43. The summed E-state index contributed by atoms with van der Waals surface area (Å²) in [5.41, 5.74) is -2.35. The molecule has 3 atom stereocenters. The van der Waals surface area contributed by atoms with E-state index in [1.165, 1.54) is 12.2 Å². The number of rotatable bonds is 6. The molecule has 0 amide bonds. The van der Waals surface area contributed by atoms with E-state index in [4.69, 9.17) is 0 Å². The summed E-state index contributed by atoms with van der Waals surface area (Å²) in [6, 6.07) is -0.124. The number of alkyl halides is 4. The molecule has 0 aromatic heterocycles. The average molecular weight is 401 g/mol. The molecule has 1 saturated heterocycles. The minimum atomic E-state index is -4.92. The lowest BCUT2D eigenvalue weighted by molar-refractivity contribution is -0.211. The van der Waals surface area contributed by atoms with E-state index < -0.39 is 30.2 Å². The van der Waals surface area contributed by atoms with E-state index in [1.54, 1.807) is 0 Å². The summed E-state index contributed by atoms with van der Waals surface area (Å²) in [5, 5.41) is 9.65. The molecular weight excluding hydrogens is 374 g/mol. The third-order valence-electron chi connectivity index (χ3n) is 7.03. The van der Waals surface area contributed by atoms with Gasteiger partial charge in [0, 0.05) is 25.6 Å². The molecule has 4 rings (SSSR count). The van der Waals surface area contributed by atoms with Crippen molar-refractivity contribution in [1.82, 2.24) is 4.90 Å². The molecule has 4 aliphatic rings. The van der Waals surface area contributed by atoms with E-state index in [2.05, 4.69) is 4.90 Å². The van der Waals surface area contributed by atoms with E-state index in [1.807, 2.05) is 0 Å². The maximum atomic E-state index is 14.2. The Kier molecular flexibility index (Phi) is 4.88. The fourth-order valence-electron chi connectivity index (χ4n) is 4.78. The number of halogens is 4. The van der Waals surface area contributed by atoms with Gasteiger partial charge in [-0.2, -0.15) is 13.2 Å². The van der Waals surface area contributed by atoms with Crippen molar-refractivity contribution >= 4 is 5.97 Å². The highest BCUT2D eigenvalue weighted by atomic mass is 19.4. The number of nitrogens with zero attached hydrogens (tertiary/aromatic N) is 1. The molecule has 0 aromatic rings. The van der Waals surface area contributed by atoms with Crippen LogP contribution < -0.4 is 0 Å². The van der Waals surface area contributed by atoms with Crippen molar-refractivity contribution in [3.63, 3.8) is 0 Å². The van der Waals surface area contributed by atoms with Crippen molar-refractivity contribution in [3.05, 3.63) is 23.8 Å². The second-order valence-corrected chi connectivity index (χ2v) is 9.30. The molecule has 28 heavy (non-hydrogen) atoms. The van der Waals surface area contributed by atoms with Crippen molar-refractivity contribution in [3.8, 4) is 0 Å². The fourth-order valence-corrected chi connectivity index (χ4v) is 4.78. The van der Waals surface area contributed by atoms with Gasteiger partial charge in [0.05, 0.1) is 5.92 Å². The number of piperidine rings is 1. The van der Waals surface area contributed by atoms with Gasteiger partial charge in [0.25, 0.3) is 0 Å². The lowest BCUT2D eigenvalue weighted by Crippen LogP contribution is -2.49. The molecule has 3 nitrogen and oxygen atoms in total. The van der Waals surface area contributed by atoms with Crippen LogP contribution in [0.25, 0.3) is 0 Å². The van der Waals surface area contributed by atoms with Crippen LogP contribution in [0.2, 0.25) is 0 Å². The van der Waals surface area contributed by atoms with Gasteiger partial charge >= 0.3 is 12.1 Å². The minimum Gasteiger partial charge on any atom is -0.481 e. The lowest BCUT2D eigenvalue weighted by atomic mass is 9.82. The molecule has 3 unspecified atom stereocenters. The highest BCUT2D eigenvalue weighted by Gasteiger charge is 2.55. The number of allylic oxidation sites excluding steroid dienone is 2. The number of carbonyl (C=O) groups is 1. The first-order chi connectivity index (χ1) is 13.1. The molecule has 1 aliphatic heterocycles. The number of likely N-dealkylation sites (tertiary alicyclic amines) is 1. The van der Waals surface area contributed by atoms with Crippen LogP contribution in [0.4, 0.5) is 17.6 Å². The second-order valence-electron chi connectivity index (χ2n) is 9.30. The van der Waals surface area contributed by atoms with E-state index in [9.17, 15) is 27.5 Å². The van der Waals surface area contributed by atoms with Gasteiger partial charge in [-0.3, -0.25) is 9.69 Å². The standard InChI is InChI=1S/C21H27F4NO2/c22-20(21(23,24)25)7-3-15(4-8-20)17-5-6-19(9-10-19)13-26(17)12-16(18(27)28)11-14-1-2-14/h3-4,7,14,16-17H,1-2,5-6,8-13H2,(H,27,28). The molecule has 0 radical (unpaired) electrons. The number of carboxylic acids is 1. The number of aliphatic carboxylic acids is 1. The van der Waals surface area contributed by atoms with Crippen LogP contribution in [0.1, 0.15) is 51.4 Å². The summed E-state index contributed by atoms with van der Waals surface area (Å²) < 4.78 is 53.0. The van der Waals surface area contributed by atoms with Crippen LogP contribution in [0.5, 0.6) is 0 Å². The van der Waals surface area contributed by atoms with Crippen LogP contribution >= 0.6 is 0 Å². The first-order valence-corrected chi connectivity index (χ1v) is 10.2. The zero-order valence-electron chi connectivity index (χ0n) is 15.8. The predicted octanol–water partition coefficient (Wildman–Crippen LogP) is 4.89. The third-order valence-corrected chi connectivity index (χ3v) is 7.03. The Labute approximate surface area is 162 Å². The van der Waals surface area contributed by atoms with E-state index in [-0.39, 0.29) is 11.5 Å². The Morgan fingerprint density at radius 3 is 2.46 bits per heavy atom. The molecule has 3 fully saturated rings. The first kappa shape index (κ1) is 19.9. The van der Waals surface area contributed by atoms with Crippen LogP contribution in [-0.4, -0.2) is 47.0 Å². The molecule has 1 N–H and O–H groups in total. The maximum absolute atomic E-state index is 14.2. The molecule has 7 heteroatoms. The quantitative estimate of drug-likeness (QED) is 0.645. The van der Waals surface area contributed by atoms with E-state index in [0.717, 1.165) is 45.1 Å². The molecule has 156 valence electrons. The molecular formula is C21H27F4NO2. The van der Waals surface area contributed by atoms with Crippen LogP contribution in [-0.2, 0) is 4.79 Å². The van der Waals surface area contributed by atoms with Gasteiger partial charge < -0.3 is 5.11 Å². The van der Waals surface area contributed by atoms with Gasteiger partial charge in [-0.1, -0.05) is 25.0 Å². The normalized spacial score (nSPS) is 33.6. The van der Waals surface area contributed by atoms with Gasteiger partial charge in [-0.15, -0.1) is 0 Å². The van der Waals surface area contributed by atoms with E-state index >= 15 is 0 Å². The van der Waals surface area contributed by atoms with Gasteiger partial charge in [-0.05, 0) is 55.1 Å². The highest BCUT2D eigenvalue weighted by molar-refractivity contribution is 5.70. The second kappa shape index (κ2) is 6.85. The Morgan fingerprint density at radius 1 is 1.25 bits per heavy atom. The van der Waals surface area contributed by atoms with Gasteiger partial charge in [0.1, 0.15) is 0 Å². The summed E-state index contributed by atoms with van der Waals surface area (Å²) in [5.74, 6) is -0.756. The smallest absolute Gasteiger partial charge is 0.426 e. The Hall–Kier alpha value is -1.37. The molecule has 0 bridgehead atoms. The van der Waals surface area contributed by atoms with Crippen LogP contribution in [0.3, 0.4) is 0 Å². The number of hydrogen-bond acceptors (Lipinski definition) is 2. The molecule has 0 aromatic carbocycles. The fraction of sp³-hybridized carbons (Fsp3) is 0.762. The van der Waals surface area contributed by atoms with Crippen molar-refractivity contribution in [2.75, 3.05) is 13.1 Å². The zero-order valence-corrected chi connectivity index (χ0v) is 15.8. The SMILES string of the molecule is O=C(O)C(CC1CC1)CN1CC2(CCC1C1=CCC(F)(C(F)(F)F)C=C1)CC2. The Balaban J connectivity index is 1.50. The van der Waals surface area contributed by atoms with Crippen LogP contribution in [0, 0.1) is 17.3 Å². The number of carboxylic acid groups (broad SMARTS) is 1. The van der Waals surface area contributed by atoms with Gasteiger partial charge in [0.15, 0.2) is 0 Å². The topological polar surface area (TPSA) is 40.5 Å². The van der Waals surface area contributed by atoms with Crippen molar-refractivity contribution in [2.24, 2.45) is 17.3 Å². The molecule has 1 heterocycles. The minimum absolute atomic E-state index is 0.124. The largest absolute Gasteiger partial charge is 0.481 e. The molecule has 1 spiro atoms. The van der Waals surface area contributed by atoms with Gasteiger partial charge in [-0.25, -0.2) is 4.39 Å². The van der Waals surface area contributed by atoms with Crippen molar-refractivity contribution < 1.29 is 27.5 Å². The maximum Gasteiger partial charge on any atom is 0.426 e. The third kappa shape index (κ3) is 4.00. The molecule has 3 aliphatic carbocycles. The highest BCUT2D eigenvalue weighted by Crippen LogP contribution is 2.54. The zero-order chi connectivity index (χ0) is 20.2. The van der Waals surface area contributed by atoms with E-state index in [0.29, 0.717) is 30.5 Å². The van der Waals surface area contributed by atoms with Crippen molar-refractivity contribution in [2.45, 2.75) is 69.3 Å². The Morgan fingerprint density at radius 2 is 1.96 bits per heavy atom. The average Bonchev–Trinajstić information content (AvgIpc) is 3.53. The monoisotopic (exact) mass is 401 g/mol. The number of hydrogen-bond donors (Lipinski definition) is 1.